The number of nitriles is 1. The third-order valence-corrected chi connectivity index (χ3v) is 9.73. The van der Waals surface area contributed by atoms with Gasteiger partial charge in [-0.3, -0.25) is 14.9 Å². The van der Waals surface area contributed by atoms with E-state index in [1.54, 1.807) is 17.0 Å². The van der Waals surface area contributed by atoms with Gasteiger partial charge in [-0.2, -0.15) is 5.26 Å². The summed E-state index contributed by atoms with van der Waals surface area (Å²) in [7, 11) is 1.82. The van der Waals surface area contributed by atoms with Crippen LogP contribution in [0.15, 0.2) is 66.7 Å². The van der Waals surface area contributed by atoms with E-state index in [4.69, 9.17) is 11.6 Å². The van der Waals surface area contributed by atoms with Crippen molar-refractivity contribution in [3.8, 4) is 6.07 Å². The maximum Gasteiger partial charge on any atom is 0.255 e. The van der Waals surface area contributed by atoms with E-state index in [9.17, 15) is 14.9 Å². The molecule has 1 saturated carbocycles. The average molecular weight is 567 g/mol. The fraction of sp³-hybridized carbons (Fsp3) is 0.382. The van der Waals surface area contributed by atoms with Crippen LogP contribution >= 0.6 is 11.6 Å². The van der Waals surface area contributed by atoms with Gasteiger partial charge in [-0.15, -0.1) is 0 Å². The van der Waals surface area contributed by atoms with Crippen molar-refractivity contribution in [3.05, 3.63) is 105 Å². The van der Waals surface area contributed by atoms with Gasteiger partial charge in [0.15, 0.2) is 0 Å². The van der Waals surface area contributed by atoms with Crippen LogP contribution in [0, 0.1) is 17.2 Å². The molecule has 1 heterocycles. The van der Waals surface area contributed by atoms with Crippen molar-refractivity contribution in [2.24, 2.45) is 5.92 Å². The van der Waals surface area contributed by atoms with Crippen molar-refractivity contribution >= 4 is 23.4 Å². The number of aryl methyl sites for hydroxylation is 1. The molecule has 2 amide bonds. The Balaban J connectivity index is 1.10. The molecule has 3 aliphatic rings. The van der Waals surface area contributed by atoms with Gasteiger partial charge >= 0.3 is 0 Å². The van der Waals surface area contributed by atoms with Gasteiger partial charge < -0.3 is 9.80 Å². The van der Waals surface area contributed by atoms with Crippen LogP contribution in [0.4, 0.5) is 0 Å². The van der Waals surface area contributed by atoms with Gasteiger partial charge in [0.1, 0.15) is 0 Å². The molecule has 1 spiro atoms. The zero-order valence-electron chi connectivity index (χ0n) is 23.4. The fourth-order valence-electron chi connectivity index (χ4n) is 7.02. The van der Waals surface area contributed by atoms with Gasteiger partial charge in [0.05, 0.1) is 34.9 Å². The first kappa shape index (κ1) is 27.5. The van der Waals surface area contributed by atoms with Crippen LogP contribution in [-0.4, -0.2) is 47.4 Å². The number of hydrogen-bond donors (Lipinski definition) is 1. The van der Waals surface area contributed by atoms with E-state index in [-0.39, 0.29) is 23.4 Å². The van der Waals surface area contributed by atoms with Crippen LogP contribution in [0.5, 0.6) is 0 Å². The molecular weight excluding hydrogens is 532 g/mol. The standard InChI is InChI=1S/C34H35ClN4O2/c1-38(33(41)28-7-2-3-8-30(28)35)31-12-11-26-9-10-27(19-29(26)31)32(40)39-21-34(37-22-39)15-13-23(14-16-34)17-24-5-4-6-25(18-24)20-36/h2-10,18-19,23,31,37H,11-17,21-22H2,1H3. The minimum atomic E-state index is -0.107. The number of amides is 2. The minimum Gasteiger partial charge on any atom is -0.335 e. The van der Waals surface area contributed by atoms with Crippen molar-refractivity contribution < 1.29 is 9.59 Å². The van der Waals surface area contributed by atoms with Crippen molar-refractivity contribution in [3.63, 3.8) is 0 Å². The van der Waals surface area contributed by atoms with Crippen LogP contribution in [0.1, 0.15) is 81.1 Å². The largest absolute Gasteiger partial charge is 0.335 e. The lowest BCUT2D eigenvalue weighted by atomic mass is 9.75. The molecule has 0 radical (unpaired) electrons. The van der Waals surface area contributed by atoms with E-state index in [1.807, 2.05) is 54.4 Å². The predicted octanol–water partition coefficient (Wildman–Crippen LogP) is 6.15. The number of rotatable bonds is 5. The molecule has 0 aromatic heterocycles. The van der Waals surface area contributed by atoms with Crippen LogP contribution < -0.4 is 5.32 Å². The molecule has 3 aromatic carbocycles. The monoisotopic (exact) mass is 566 g/mol. The first-order chi connectivity index (χ1) is 19.9. The summed E-state index contributed by atoms with van der Waals surface area (Å²) in [6, 6.07) is 23.2. The topological polar surface area (TPSA) is 76.4 Å². The second kappa shape index (κ2) is 11.3. The number of carbonyl (C=O) groups excluding carboxylic acids is 2. The van der Waals surface area contributed by atoms with Crippen molar-refractivity contribution in [1.29, 1.82) is 5.26 Å². The number of nitrogens with one attached hydrogen (secondary N) is 1. The Morgan fingerprint density at radius 1 is 1.07 bits per heavy atom. The fourth-order valence-corrected chi connectivity index (χ4v) is 7.24. The zero-order chi connectivity index (χ0) is 28.6. The maximum atomic E-state index is 13.7. The SMILES string of the molecule is CN(C(=O)c1ccccc1Cl)C1CCc2ccc(C(=O)N3CNC4(CCC(Cc5cccc(C#N)c5)CC4)C3)cc21. The van der Waals surface area contributed by atoms with Crippen LogP contribution in [-0.2, 0) is 12.8 Å². The molecule has 41 heavy (non-hydrogen) atoms. The Labute approximate surface area is 246 Å². The van der Waals surface area contributed by atoms with Crippen molar-refractivity contribution in [1.82, 2.24) is 15.1 Å². The number of nitrogens with zero attached hydrogens (tertiary/aromatic N) is 3. The molecule has 6 rings (SSSR count). The first-order valence-corrected chi connectivity index (χ1v) is 14.9. The Kier molecular flexibility index (Phi) is 7.59. The van der Waals surface area contributed by atoms with Gasteiger partial charge in [0.25, 0.3) is 11.8 Å². The molecule has 7 heteroatoms. The molecule has 0 bridgehead atoms. The summed E-state index contributed by atoms with van der Waals surface area (Å²) in [5, 5.41) is 13.3. The van der Waals surface area contributed by atoms with Gasteiger partial charge in [-0.25, -0.2) is 0 Å². The van der Waals surface area contributed by atoms with Crippen molar-refractivity contribution in [2.45, 2.75) is 56.5 Å². The number of carbonyl (C=O) groups is 2. The lowest BCUT2D eigenvalue weighted by Gasteiger charge is -2.37. The van der Waals surface area contributed by atoms with Crippen LogP contribution in [0.25, 0.3) is 0 Å². The highest BCUT2D eigenvalue weighted by molar-refractivity contribution is 6.33. The molecular formula is C34H35ClN4O2. The number of fused-ring (bicyclic) bond motifs is 1. The van der Waals surface area contributed by atoms with E-state index in [0.717, 1.165) is 56.1 Å². The summed E-state index contributed by atoms with van der Waals surface area (Å²) in [6.45, 7) is 1.27. The van der Waals surface area contributed by atoms with E-state index in [2.05, 4.69) is 23.5 Å². The normalized spacial score (nSPS) is 23.3. The van der Waals surface area contributed by atoms with E-state index >= 15 is 0 Å². The molecule has 2 aliphatic carbocycles. The van der Waals surface area contributed by atoms with Crippen LogP contribution in [0.3, 0.4) is 0 Å². The zero-order valence-corrected chi connectivity index (χ0v) is 24.2. The molecule has 210 valence electrons. The second-order valence-corrected chi connectivity index (χ2v) is 12.3. The summed E-state index contributed by atoms with van der Waals surface area (Å²) in [5.41, 5.74) is 5.35. The van der Waals surface area contributed by atoms with Gasteiger partial charge in [-0.05, 0) is 104 Å². The molecule has 3 aromatic rings. The molecule has 1 N–H and O–H groups in total. The average Bonchev–Trinajstić information content (AvgIpc) is 3.62. The third kappa shape index (κ3) is 5.49. The highest BCUT2D eigenvalue weighted by Crippen LogP contribution is 2.39. The summed E-state index contributed by atoms with van der Waals surface area (Å²) in [6.07, 6.45) is 7.01. The smallest absolute Gasteiger partial charge is 0.255 e. The number of halogens is 1. The van der Waals surface area contributed by atoms with E-state index in [1.165, 1.54) is 11.1 Å². The second-order valence-electron chi connectivity index (χ2n) is 11.9. The maximum absolute atomic E-state index is 13.7. The highest BCUT2D eigenvalue weighted by Gasteiger charge is 2.42. The Hall–Kier alpha value is -3.66. The summed E-state index contributed by atoms with van der Waals surface area (Å²) < 4.78 is 0. The van der Waals surface area contributed by atoms with E-state index < -0.39 is 0 Å². The Morgan fingerprint density at radius 2 is 1.88 bits per heavy atom. The third-order valence-electron chi connectivity index (χ3n) is 9.40. The van der Waals surface area contributed by atoms with Gasteiger partial charge in [0, 0.05) is 24.7 Å². The lowest BCUT2D eigenvalue weighted by Crippen LogP contribution is -2.46. The molecule has 1 unspecified atom stereocenters. The number of hydrogen-bond acceptors (Lipinski definition) is 4. The Morgan fingerprint density at radius 3 is 2.66 bits per heavy atom. The molecule has 2 fully saturated rings. The van der Waals surface area contributed by atoms with Crippen molar-refractivity contribution in [2.75, 3.05) is 20.3 Å². The molecule has 1 aliphatic heterocycles. The first-order valence-electron chi connectivity index (χ1n) is 14.5. The lowest BCUT2D eigenvalue weighted by molar-refractivity contribution is 0.0730. The number of benzene rings is 3. The summed E-state index contributed by atoms with van der Waals surface area (Å²) >= 11 is 6.31. The summed E-state index contributed by atoms with van der Waals surface area (Å²) in [4.78, 5) is 30.7. The molecule has 1 saturated heterocycles. The van der Waals surface area contributed by atoms with Gasteiger partial charge in [0.2, 0.25) is 0 Å². The van der Waals surface area contributed by atoms with Gasteiger partial charge in [-0.1, -0.05) is 41.9 Å². The predicted molar refractivity (Wildman–Crippen MR) is 160 cm³/mol. The minimum absolute atomic E-state index is 0.0263. The summed E-state index contributed by atoms with van der Waals surface area (Å²) in [5.74, 6) is 0.530. The molecule has 6 nitrogen and oxygen atoms in total. The highest BCUT2D eigenvalue weighted by atomic mass is 35.5. The molecule has 1 atom stereocenters. The quantitative estimate of drug-likeness (QED) is 0.402. The van der Waals surface area contributed by atoms with Crippen LogP contribution in [0.2, 0.25) is 5.02 Å². The Bertz CT molecular complexity index is 1520. The van der Waals surface area contributed by atoms with E-state index in [0.29, 0.717) is 35.3 Å².